The zero-order chi connectivity index (χ0) is 19.4. The van der Waals surface area contributed by atoms with Gasteiger partial charge in [0.1, 0.15) is 5.15 Å². The minimum absolute atomic E-state index is 0.646. The molecule has 0 aliphatic carbocycles. The first kappa shape index (κ1) is 19.9. The van der Waals surface area contributed by atoms with Gasteiger partial charge in [-0.25, -0.2) is 0 Å². The molecule has 0 unspecified atom stereocenters. The van der Waals surface area contributed by atoms with E-state index in [1.165, 1.54) is 55.4 Å². The lowest BCUT2D eigenvalue weighted by Gasteiger charge is -2.09. The van der Waals surface area contributed by atoms with Gasteiger partial charge < -0.3 is 0 Å². The van der Waals surface area contributed by atoms with Crippen LogP contribution in [0.5, 0.6) is 0 Å². The standard InChI is InChI=1S/C24H26ClNS/c1-16(2)5-7-19-8-10-20(11-9-19)12-14-22-23(27-26-24(22)25)21-13-6-17(3)15-18(21)4/h6,8-11,13,15H,1,5,7,12,14H2,2-4H3. The SMILES string of the molecule is C=C(C)CCc1ccc(CCc2c(Cl)nsc2-c2ccc(C)cc2C)cc1. The van der Waals surface area contributed by atoms with Crippen LogP contribution in [-0.2, 0) is 19.3 Å². The fourth-order valence-corrected chi connectivity index (χ4v) is 4.55. The number of benzene rings is 2. The van der Waals surface area contributed by atoms with Gasteiger partial charge in [0.2, 0.25) is 0 Å². The summed E-state index contributed by atoms with van der Waals surface area (Å²) in [5.74, 6) is 0. The summed E-state index contributed by atoms with van der Waals surface area (Å²) >= 11 is 7.94. The van der Waals surface area contributed by atoms with E-state index in [2.05, 4.69) is 74.2 Å². The molecule has 0 bridgehead atoms. The van der Waals surface area contributed by atoms with Crippen molar-refractivity contribution in [2.75, 3.05) is 0 Å². The van der Waals surface area contributed by atoms with Gasteiger partial charge in [-0.15, -0.1) is 6.58 Å². The van der Waals surface area contributed by atoms with Crippen LogP contribution >= 0.6 is 23.1 Å². The predicted octanol–water partition coefficient (Wildman–Crippen LogP) is 7.37. The Morgan fingerprint density at radius 3 is 2.30 bits per heavy atom. The molecule has 2 aromatic carbocycles. The lowest BCUT2D eigenvalue weighted by molar-refractivity contribution is 0.933. The second-order valence-corrected chi connectivity index (χ2v) is 8.50. The van der Waals surface area contributed by atoms with Crippen LogP contribution in [0.3, 0.4) is 0 Å². The number of aromatic nitrogens is 1. The maximum absolute atomic E-state index is 6.43. The molecule has 0 fully saturated rings. The molecule has 0 saturated heterocycles. The highest BCUT2D eigenvalue weighted by Crippen LogP contribution is 2.36. The van der Waals surface area contributed by atoms with E-state index >= 15 is 0 Å². The van der Waals surface area contributed by atoms with Crippen molar-refractivity contribution >= 4 is 23.1 Å². The molecule has 1 heterocycles. The molecule has 3 aromatic rings. The van der Waals surface area contributed by atoms with Gasteiger partial charge in [0.05, 0.1) is 4.88 Å². The van der Waals surface area contributed by atoms with Crippen LogP contribution in [0.15, 0.2) is 54.6 Å². The number of hydrogen-bond acceptors (Lipinski definition) is 2. The van der Waals surface area contributed by atoms with Crippen molar-refractivity contribution in [1.82, 2.24) is 4.37 Å². The third-order valence-electron chi connectivity index (χ3n) is 4.89. The van der Waals surface area contributed by atoms with Crippen molar-refractivity contribution in [1.29, 1.82) is 0 Å². The van der Waals surface area contributed by atoms with Gasteiger partial charge >= 0.3 is 0 Å². The molecule has 0 radical (unpaired) electrons. The first-order valence-electron chi connectivity index (χ1n) is 9.38. The Balaban J connectivity index is 1.73. The molecule has 3 rings (SSSR count). The molecule has 0 aliphatic heterocycles. The highest BCUT2D eigenvalue weighted by Gasteiger charge is 2.15. The number of hydrogen-bond donors (Lipinski definition) is 0. The molecule has 27 heavy (non-hydrogen) atoms. The molecule has 0 amide bonds. The summed E-state index contributed by atoms with van der Waals surface area (Å²) < 4.78 is 4.42. The first-order valence-corrected chi connectivity index (χ1v) is 10.5. The molecule has 0 N–H and O–H groups in total. The van der Waals surface area contributed by atoms with Crippen molar-refractivity contribution in [2.24, 2.45) is 0 Å². The van der Waals surface area contributed by atoms with Crippen molar-refractivity contribution in [3.8, 4) is 10.4 Å². The summed E-state index contributed by atoms with van der Waals surface area (Å²) in [4.78, 5) is 1.20. The van der Waals surface area contributed by atoms with E-state index in [9.17, 15) is 0 Å². The summed E-state index contributed by atoms with van der Waals surface area (Å²) in [5.41, 5.74) is 8.90. The summed E-state index contributed by atoms with van der Waals surface area (Å²) in [7, 11) is 0. The second kappa shape index (κ2) is 8.86. The molecule has 0 spiro atoms. The van der Waals surface area contributed by atoms with Crippen LogP contribution in [0.2, 0.25) is 5.15 Å². The van der Waals surface area contributed by atoms with E-state index in [0.29, 0.717) is 5.15 Å². The van der Waals surface area contributed by atoms with E-state index in [4.69, 9.17) is 11.6 Å². The van der Waals surface area contributed by atoms with Gasteiger partial charge in [0, 0.05) is 5.56 Å². The average Bonchev–Trinajstić information content (AvgIpc) is 2.99. The Hall–Kier alpha value is -1.90. The third kappa shape index (κ3) is 5.09. The number of allylic oxidation sites excluding steroid dienone is 1. The highest BCUT2D eigenvalue weighted by molar-refractivity contribution is 7.10. The zero-order valence-corrected chi connectivity index (χ0v) is 17.9. The molecular weight excluding hydrogens is 370 g/mol. The first-order chi connectivity index (χ1) is 12.9. The van der Waals surface area contributed by atoms with E-state index < -0.39 is 0 Å². The quantitative estimate of drug-likeness (QED) is 0.380. The van der Waals surface area contributed by atoms with Crippen LogP contribution in [0, 0.1) is 13.8 Å². The van der Waals surface area contributed by atoms with Crippen LogP contribution in [-0.4, -0.2) is 4.37 Å². The van der Waals surface area contributed by atoms with Gasteiger partial charge in [-0.2, -0.15) is 4.37 Å². The Labute approximate surface area is 171 Å². The van der Waals surface area contributed by atoms with Gasteiger partial charge in [0.25, 0.3) is 0 Å². The maximum Gasteiger partial charge on any atom is 0.146 e. The summed E-state index contributed by atoms with van der Waals surface area (Å²) in [5, 5.41) is 0.646. The monoisotopic (exact) mass is 395 g/mol. The van der Waals surface area contributed by atoms with Gasteiger partial charge in [-0.3, -0.25) is 0 Å². The molecule has 0 atom stereocenters. The maximum atomic E-state index is 6.43. The van der Waals surface area contributed by atoms with Crippen LogP contribution in [0.4, 0.5) is 0 Å². The fraction of sp³-hybridized carbons (Fsp3) is 0.292. The van der Waals surface area contributed by atoms with Gasteiger partial charge in [-0.05, 0) is 80.2 Å². The number of nitrogens with zero attached hydrogens (tertiary/aromatic N) is 1. The van der Waals surface area contributed by atoms with Crippen LogP contribution in [0.1, 0.15) is 41.2 Å². The van der Waals surface area contributed by atoms with Crippen molar-refractivity contribution in [2.45, 2.75) is 46.5 Å². The third-order valence-corrected chi connectivity index (χ3v) is 6.23. The minimum atomic E-state index is 0.646. The second-order valence-electron chi connectivity index (χ2n) is 7.37. The largest absolute Gasteiger partial charge is 0.180 e. The zero-order valence-electron chi connectivity index (χ0n) is 16.3. The topological polar surface area (TPSA) is 12.9 Å². The van der Waals surface area contributed by atoms with Crippen molar-refractivity contribution in [3.05, 3.63) is 87.6 Å². The van der Waals surface area contributed by atoms with E-state index in [-0.39, 0.29) is 0 Å². The predicted molar refractivity (Wildman–Crippen MR) is 119 cm³/mol. The Morgan fingerprint density at radius 1 is 1.00 bits per heavy atom. The van der Waals surface area contributed by atoms with E-state index in [0.717, 1.165) is 25.7 Å². The molecule has 0 aliphatic rings. The lowest BCUT2D eigenvalue weighted by atomic mass is 9.98. The highest BCUT2D eigenvalue weighted by atomic mass is 35.5. The van der Waals surface area contributed by atoms with E-state index in [1.807, 2.05) is 0 Å². The smallest absolute Gasteiger partial charge is 0.146 e. The minimum Gasteiger partial charge on any atom is -0.180 e. The lowest BCUT2D eigenvalue weighted by Crippen LogP contribution is -1.95. The van der Waals surface area contributed by atoms with Crippen molar-refractivity contribution in [3.63, 3.8) is 0 Å². The van der Waals surface area contributed by atoms with Crippen molar-refractivity contribution < 1.29 is 0 Å². The molecule has 140 valence electrons. The molecular formula is C24H26ClNS. The van der Waals surface area contributed by atoms with E-state index in [1.54, 1.807) is 0 Å². The Morgan fingerprint density at radius 2 is 1.67 bits per heavy atom. The van der Waals surface area contributed by atoms with Gasteiger partial charge in [-0.1, -0.05) is 65.2 Å². The summed E-state index contributed by atoms with van der Waals surface area (Å²) in [6, 6.07) is 15.5. The van der Waals surface area contributed by atoms with Crippen LogP contribution in [0.25, 0.3) is 10.4 Å². The molecule has 1 aromatic heterocycles. The number of halogens is 1. The van der Waals surface area contributed by atoms with Crippen LogP contribution < -0.4 is 0 Å². The van der Waals surface area contributed by atoms with Gasteiger partial charge in [0.15, 0.2) is 0 Å². The Kier molecular flexibility index (Phi) is 6.51. The number of rotatable bonds is 7. The molecule has 0 saturated carbocycles. The summed E-state index contributed by atoms with van der Waals surface area (Å²) in [6.07, 6.45) is 3.99. The fourth-order valence-electron chi connectivity index (χ4n) is 3.29. The summed E-state index contributed by atoms with van der Waals surface area (Å²) in [6.45, 7) is 10.3. The normalized spacial score (nSPS) is 11.0. The number of aryl methyl sites for hydroxylation is 4. The molecule has 1 nitrogen and oxygen atoms in total. The molecule has 3 heteroatoms. The Bertz CT molecular complexity index is 938. The average molecular weight is 396 g/mol.